The highest BCUT2D eigenvalue weighted by molar-refractivity contribution is 4.87. The zero-order valence-corrected chi connectivity index (χ0v) is 8.16. The average Bonchev–Trinajstić information content (AvgIpc) is 2.61. The van der Waals surface area contributed by atoms with Gasteiger partial charge in [-0.2, -0.15) is 5.26 Å². The standard InChI is InChI=1S/C10H18N2O/c1-8(5-11)12-6-9-3-2-4-10(9)7-13/h8-10,12-13H,2-4,6-7H2,1H3. The van der Waals surface area contributed by atoms with Gasteiger partial charge in [-0.15, -0.1) is 0 Å². The molecule has 3 nitrogen and oxygen atoms in total. The van der Waals surface area contributed by atoms with Crippen molar-refractivity contribution in [1.82, 2.24) is 5.32 Å². The first-order chi connectivity index (χ1) is 6.27. The predicted octanol–water partition coefficient (Wildman–Crippen LogP) is 0.897. The Morgan fingerprint density at radius 3 is 2.85 bits per heavy atom. The van der Waals surface area contributed by atoms with E-state index >= 15 is 0 Å². The van der Waals surface area contributed by atoms with Gasteiger partial charge in [-0.1, -0.05) is 6.42 Å². The van der Waals surface area contributed by atoms with Gasteiger partial charge in [0.25, 0.3) is 0 Å². The second-order valence-corrected chi connectivity index (χ2v) is 3.89. The molecule has 1 saturated carbocycles. The molecule has 0 bridgehead atoms. The van der Waals surface area contributed by atoms with Gasteiger partial charge in [-0.05, 0) is 38.1 Å². The van der Waals surface area contributed by atoms with Crippen molar-refractivity contribution < 1.29 is 5.11 Å². The van der Waals surface area contributed by atoms with Crippen LogP contribution in [-0.4, -0.2) is 24.3 Å². The second kappa shape index (κ2) is 5.21. The van der Waals surface area contributed by atoms with E-state index < -0.39 is 0 Å². The number of nitrogens with zero attached hydrogens (tertiary/aromatic N) is 1. The van der Waals surface area contributed by atoms with Crippen molar-refractivity contribution in [2.75, 3.05) is 13.2 Å². The third-order valence-corrected chi connectivity index (χ3v) is 2.93. The van der Waals surface area contributed by atoms with Gasteiger partial charge < -0.3 is 10.4 Å². The molecule has 0 aromatic carbocycles. The van der Waals surface area contributed by atoms with Crippen LogP contribution in [0.25, 0.3) is 0 Å². The fourth-order valence-corrected chi connectivity index (χ4v) is 2.00. The van der Waals surface area contributed by atoms with E-state index in [1.165, 1.54) is 12.8 Å². The lowest BCUT2D eigenvalue weighted by atomic mass is 9.97. The van der Waals surface area contributed by atoms with Crippen molar-refractivity contribution in [2.24, 2.45) is 11.8 Å². The molecule has 3 atom stereocenters. The Labute approximate surface area is 79.8 Å². The van der Waals surface area contributed by atoms with Crippen molar-refractivity contribution in [3.8, 4) is 6.07 Å². The minimum Gasteiger partial charge on any atom is -0.396 e. The Bertz CT molecular complexity index is 188. The molecular formula is C10H18N2O. The van der Waals surface area contributed by atoms with Gasteiger partial charge in [0.15, 0.2) is 0 Å². The van der Waals surface area contributed by atoms with Gasteiger partial charge in [0.2, 0.25) is 0 Å². The quantitative estimate of drug-likeness (QED) is 0.679. The van der Waals surface area contributed by atoms with Crippen molar-refractivity contribution in [3.05, 3.63) is 0 Å². The van der Waals surface area contributed by atoms with Gasteiger partial charge in [-0.25, -0.2) is 0 Å². The molecule has 0 heterocycles. The van der Waals surface area contributed by atoms with E-state index in [0.717, 1.165) is 13.0 Å². The average molecular weight is 182 g/mol. The van der Waals surface area contributed by atoms with Crippen LogP contribution in [0.4, 0.5) is 0 Å². The van der Waals surface area contributed by atoms with E-state index in [2.05, 4.69) is 11.4 Å². The molecule has 0 spiro atoms. The van der Waals surface area contributed by atoms with Crippen LogP contribution in [0.2, 0.25) is 0 Å². The number of nitrogens with one attached hydrogen (secondary N) is 1. The van der Waals surface area contributed by atoms with E-state index in [4.69, 9.17) is 10.4 Å². The maximum absolute atomic E-state index is 9.07. The topological polar surface area (TPSA) is 56.0 Å². The number of hydrogen-bond acceptors (Lipinski definition) is 3. The number of hydrogen-bond donors (Lipinski definition) is 2. The van der Waals surface area contributed by atoms with Gasteiger partial charge in [0, 0.05) is 6.61 Å². The van der Waals surface area contributed by atoms with Crippen molar-refractivity contribution in [2.45, 2.75) is 32.2 Å². The highest BCUT2D eigenvalue weighted by Crippen LogP contribution is 2.30. The SMILES string of the molecule is CC(C#N)NCC1CCCC1CO. The lowest BCUT2D eigenvalue weighted by Gasteiger charge is -2.18. The maximum atomic E-state index is 9.07. The van der Waals surface area contributed by atoms with Crippen LogP contribution in [-0.2, 0) is 0 Å². The Balaban J connectivity index is 2.24. The number of aliphatic hydroxyl groups is 1. The van der Waals surface area contributed by atoms with Crippen molar-refractivity contribution in [1.29, 1.82) is 5.26 Å². The molecule has 1 rings (SSSR count). The van der Waals surface area contributed by atoms with Gasteiger partial charge in [0.05, 0.1) is 12.1 Å². The van der Waals surface area contributed by atoms with Crippen molar-refractivity contribution in [3.63, 3.8) is 0 Å². The molecular weight excluding hydrogens is 164 g/mol. The second-order valence-electron chi connectivity index (χ2n) is 3.89. The molecule has 0 aliphatic heterocycles. The first-order valence-corrected chi connectivity index (χ1v) is 5.01. The fourth-order valence-electron chi connectivity index (χ4n) is 2.00. The molecule has 0 aromatic heterocycles. The van der Waals surface area contributed by atoms with Crippen LogP contribution < -0.4 is 5.32 Å². The minimum atomic E-state index is -0.0695. The molecule has 1 aliphatic rings. The summed E-state index contributed by atoms with van der Waals surface area (Å²) in [6.45, 7) is 3.04. The van der Waals surface area contributed by atoms with Crippen molar-refractivity contribution >= 4 is 0 Å². The molecule has 1 aliphatic carbocycles. The van der Waals surface area contributed by atoms with E-state index in [0.29, 0.717) is 18.4 Å². The molecule has 3 unspecified atom stereocenters. The highest BCUT2D eigenvalue weighted by atomic mass is 16.3. The van der Waals surface area contributed by atoms with E-state index in [1.807, 2.05) is 6.92 Å². The van der Waals surface area contributed by atoms with Crippen LogP contribution in [0, 0.1) is 23.2 Å². The largest absolute Gasteiger partial charge is 0.396 e. The molecule has 1 fully saturated rings. The first kappa shape index (κ1) is 10.5. The van der Waals surface area contributed by atoms with Crippen LogP contribution in [0.3, 0.4) is 0 Å². The van der Waals surface area contributed by atoms with Crippen LogP contribution >= 0.6 is 0 Å². The van der Waals surface area contributed by atoms with E-state index in [1.54, 1.807) is 0 Å². The summed E-state index contributed by atoms with van der Waals surface area (Å²) in [5.41, 5.74) is 0. The Hall–Kier alpha value is -0.590. The smallest absolute Gasteiger partial charge is 0.0924 e. The van der Waals surface area contributed by atoms with Crippen LogP contribution in [0.1, 0.15) is 26.2 Å². The summed E-state index contributed by atoms with van der Waals surface area (Å²) in [6, 6.07) is 2.08. The monoisotopic (exact) mass is 182 g/mol. The maximum Gasteiger partial charge on any atom is 0.0924 e. The van der Waals surface area contributed by atoms with E-state index in [-0.39, 0.29) is 6.04 Å². The minimum absolute atomic E-state index is 0.0695. The summed E-state index contributed by atoms with van der Waals surface area (Å²) in [6.07, 6.45) is 3.55. The van der Waals surface area contributed by atoms with Crippen LogP contribution in [0.5, 0.6) is 0 Å². The Kier molecular flexibility index (Phi) is 4.20. The lowest BCUT2D eigenvalue weighted by molar-refractivity contribution is 0.192. The van der Waals surface area contributed by atoms with Gasteiger partial charge >= 0.3 is 0 Å². The fraction of sp³-hybridized carbons (Fsp3) is 0.900. The number of rotatable bonds is 4. The summed E-state index contributed by atoms with van der Waals surface area (Å²) in [4.78, 5) is 0. The molecule has 74 valence electrons. The molecule has 0 radical (unpaired) electrons. The van der Waals surface area contributed by atoms with Gasteiger partial charge in [0.1, 0.15) is 0 Å². The Morgan fingerprint density at radius 2 is 2.23 bits per heavy atom. The summed E-state index contributed by atoms with van der Waals surface area (Å²) in [5.74, 6) is 1.03. The lowest BCUT2D eigenvalue weighted by Crippen LogP contribution is -2.32. The van der Waals surface area contributed by atoms with Crippen LogP contribution in [0.15, 0.2) is 0 Å². The molecule has 0 saturated heterocycles. The third kappa shape index (κ3) is 2.98. The predicted molar refractivity (Wildman–Crippen MR) is 51.0 cm³/mol. The molecule has 0 amide bonds. The van der Waals surface area contributed by atoms with Gasteiger partial charge in [-0.3, -0.25) is 0 Å². The summed E-state index contributed by atoms with van der Waals surface area (Å²) >= 11 is 0. The Morgan fingerprint density at radius 1 is 1.54 bits per heavy atom. The number of nitriles is 1. The summed E-state index contributed by atoms with van der Waals surface area (Å²) < 4.78 is 0. The normalized spacial score (nSPS) is 29.9. The number of aliphatic hydroxyl groups excluding tert-OH is 1. The molecule has 2 N–H and O–H groups in total. The molecule has 3 heteroatoms. The summed E-state index contributed by atoms with van der Waals surface area (Å²) in [7, 11) is 0. The summed E-state index contributed by atoms with van der Waals surface area (Å²) in [5, 5.41) is 20.8. The first-order valence-electron chi connectivity index (χ1n) is 5.01. The third-order valence-electron chi connectivity index (χ3n) is 2.93. The highest BCUT2D eigenvalue weighted by Gasteiger charge is 2.26. The van der Waals surface area contributed by atoms with E-state index in [9.17, 15) is 0 Å². The zero-order chi connectivity index (χ0) is 9.68. The molecule has 13 heavy (non-hydrogen) atoms. The molecule has 0 aromatic rings. The zero-order valence-electron chi connectivity index (χ0n) is 8.16.